The molecular formula is C15H19NO3. The van der Waals surface area contributed by atoms with E-state index in [9.17, 15) is 9.59 Å². The molecule has 19 heavy (non-hydrogen) atoms. The second-order valence-corrected chi connectivity index (χ2v) is 5.26. The van der Waals surface area contributed by atoms with Crippen LogP contribution in [0.15, 0.2) is 24.3 Å². The van der Waals surface area contributed by atoms with Gasteiger partial charge in [0.2, 0.25) is 0 Å². The van der Waals surface area contributed by atoms with E-state index in [1.165, 1.54) is 25.0 Å². The summed E-state index contributed by atoms with van der Waals surface area (Å²) in [5.41, 5.74) is 0.549. The van der Waals surface area contributed by atoms with Gasteiger partial charge in [-0.1, -0.05) is 25.8 Å². The highest BCUT2D eigenvalue weighted by Gasteiger charge is 2.23. The molecule has 0 aromatic heterocycles. The van der Waals surface area contributed by atoms with E-state index in [0.29, 0.717) is 23.9 Å². The lowest BCUT2D eigenvalue weighted by Gasteiger charge is -2.15. The highest BCUT2D eigenvalue weighted by atomic mass is 16.4. The molecule has 0 heterocycles. The molecular weight excluding hydrogens is 242 g/mol. The fourth-order valence-corrected chi connectivity index (χ4v) is 2.64. The van der Waals surface area contributed by atoms with Crippen molar-refractivity contribution in [2.45, 2.75) is 26.2 Å². The summed E-state index contributed by atoms with van der Waals surface area (Å²) in [6.45, 7) is 2.90. The summed E-state index contributed by atoms with van der Waals surface area (Å²) in [4.78, 5) is 22.8. The Labute approximate surface area is 112 Å². The lowest BCUT2D eigenvalue weighted by atomic mass is 9.98. The molecule has 2 unspecified atom stereocenters. The number of rotatable bonds is 4. The number of aromatic carboxylic acids is 1. The predicted molar refractivity (Wildman–Crippen MR) is 72.2 cm³/mol. The normalized spacial score (nSPS) is 22.2. The molecule has 1 aliphatic rings. The molecule has 1 aromatic rings. The number of nitrogens with one attached hydrogen (secondary N) is 1. The fraction of sp³-hybridized carbons (Fsp3) is 0.467. The number of carbonyl (C=O) groups excluding carboxylic acids is 1. The molecule has 0 bridgehead atoms. The van der Waals surface area contributed by atoms with Gasteiger partial charge in [-0.2, -0.15) is 0 Å². The van der Waals surface area contributed by atoms with Crippen molar-refractivity contribution in [2.24, 2.45) is 11.8 Å². The molecule has 0 aliphatic heterocycles. The van der Waals surface area contributed by atoms with Crippen molar-refractivity contribution in [3.8, 4) is 0 Å². The maximum absolute atomic E-state index is 12.0. The minimum absolute atomic E-state index is 0.141. The molecule has 1 fully saturated rings. The van der Waals surface area contributed by atoms with Gasteiger partial charge in [0.1, 0.15) is 0 Å². The predicted octanol–water partition coefficient (Wildman–Crippen LogP) is 2.55. The van der Waals surface area contributed by atoms with Crippen molar-refractivity contribution >= 4 is 11.9 Å². The first-order valence-corrected chi connectivity index (χ1v) is 6.69. The highest BCUT2D eigenvalue weighted by molar-refractivity contribution is 5.97. The summed E-state index contributed by atoms with van der Waals surface area (Å²) in [5, 5.41) is 11.8. The third-order valence-corrected chi connectivity index (χ3v) is 3.94. The Morgan fingerprint density at radius 3 is 2.68 bits per heavy atom. The third-order valence-electron chi connectivity index (χ3n) is 3.94. The van der Waals surface area contributed by atoms with Crippen molar-refractivity contribution in [3.63, 3.8) is 0 Å². The number of carboxylic acid groups (broad SMARTS) is 1. The van der Waals surface area contributed by atoms with E-state index in [-0.39, 0.29) is 11.5 Å². The van der Waals surface area contributed by atoms with Crippen molar-refractivity contribution < 1.29 is 14.7 Å². The van der Waals surface area contributed by atoms with Crippen LogP contribution >= 0.6 is 0 Å². The van der Waals surface area contributed by atoms with E-state index in [2.05, 4.69) is 12.2 Å². The van der Waals surface area contributed by atoms with E-state index in [1.54, 1.807) is 12.1 Å². The fourth-order valence-electron chi connectivity index (χ4n) is 2.64. The summed E-state index contributed by atoms with van der Waals surface area (Å²) in [7, 11) is 0. The third kappa shape index (κ3) is 3.34. The van der Waals surface area contributed by atoms with Crippen LogP contribution in [0.1, 0.15) is 46.9 Å². The average Bonchev–Trinajstić information content (AvgIpc) is 2.81. The Balaban J connectivity index is 1.96. The van der Waals surface area contributed by atoms with E-state index in [1.807, 2.05) is 0 Å². The van der Waals surface area contributed by atoms with Gasteiger partial charge < -0.3 is 10.4 Å². The molecule has 0 spiro atoms. The maximum atomic E-state index is 12.0. The van der Waals surface area contributed by atoms with Gasteiger partial charge in [0.15, 0.2) is 0 Å². The van der Waals surface area contributed by atoms with Crippen LogP contribution in [-0.2, 0) is 0 Å². The van der Waals surface area contributed by atoms with Crippen molar-refractivity contribution in [3.05, 3.63) is 35.4 Å². The van der Waals surface area contributed by atoms with Gasteiger partial charge in [0.25, 0.3) is 5.91 Å². The molecule has 2 rings (SSSR count). The Morgan fingerprint density at radius 1 is 1.32 bits per heavy atom. The van der Waals surface area contributed by atoms with Crippen molar-refractivity contribution in [2.75, 3.05) is 6.54 Å². The molecule has 4 heteroatoms. The molecule has 2 atom stereocenters. The zero-order valence-corrected chi connectivity index (χ0v) is 11.1. The van der Waals surface area contributed by atoms with Crippen LogP contribution in [0, 0.1) is 11.8 Å². The highest BCUT2D eigenvalue weighted by Crippen LogP contribution is 2.30. The van der Waals surface area contributed by atoms with Crippen LogP contribution in [0.25, 0.3) is 0 Å². The lowest BCUT2D eigenvalue weighted by molar-refractivity contribution is 0.0697. The Hall–Kier alpha value is -1.84. The van der Waals surface area contributed by atoms with Gasteiger partial charge in [0.05, 0.1) is 5.56 Å². The largest absolute Gasteiger partial charge is 0.478 e. The van der Waals surface area contributed by atoms with Crippen molar-refractivity contribution in [1.29, 1.82) is 0 Å². The standard InChI is InChI=1S/C15H19NO3/c1-10-4-2-7-13(10)9-16-14(17)11-5-3-6-12(8-11)15(18)19/h3,5-6,8,10,13H,2,4,7,9H2,1H3,(H,16,17)(H,18,19). The number of amides is 1. The minimum atomic E-state index is -1.01. The Morgan fingerprint density at radius 2 is 2.05 bits per heavy atom. The SMILES string of the molecule is CC1CCCC1CNC(=O)c1cccc(C(=O)O)c1. The second-order valence-electron chi connectivity index (χ2n) is 5.26. The van der Waals surface area contributed by atoms with E-state index in [4.69, 9.17) is 5.11 Å². The number of hydrogen-bond acceptors (Lipinski definition) is 2. The lowest BCUT2D eigenvalue weighted by Crippen LogP contribution is -2.30. The molecule has 0 saturated heterocycles. The van der Waals surface area contributed by atoms with Crippen LogP contribution in [0.5, 0.6) is 0 Å². The monoisotopic (exact) mass is 261 g/mol. The van der Waals surface area contributed by atoms with E-state index < -0.39 is 5.97 Å². The molecule has 1 aliphatic carbocycles. The van der Waals surface area contributed by atoms with Gasteiger partial charge in [-0.15, -0.1) is 0 Å². The maximum Gasteiger partial charge on any atom is 0.335 e. The van der Waals surface area contributed by atoms with Crippen LogP contribution < -0.4 is 5.32 Å². The van der Waals surface area contributed by atoms with Gasteiger partial charge in [-0.25, -0.2) is 4.79 Å². The topological polar surface area (TPSA) is 66.4 Å². The summed E-state index contributed by atoms with van der Waals surface area (Å²) < 4.78 is 0. The van der Waals surface area contributed by atoms with Gasteiger partial charge >= 0.3 is 5.97 Å². The zero-order chi connectivity index (χ0) is 13.8. The molecule has 2 N–H and O–H groups in total. The average molecular weight is 261 g/mol. The van der Waals surface area contributed by atoms with Crippen LogP contribution in [-0.4, -0.2) is 23.5 Å². The van der Waals surface area contributed by atoms with Crippen LogP contribution in [0.2, 0.25) is 0 Å². The van der Waals surface area contributed by atoms with Crippen LogP contribution in [0.3, 0.4) is 0 Å². The number of carbonyl (C=O) groups is 2. The summed E-state index contributed by atoms with van der Waals surface area (Å²) >= 11 is 0. The Kier molecular flexibility index (Phi) is 4.20. The molecule has 0 radical (unpaired) electrons. The molecule has 1 aromatic carbocycles. The summed E-state index contributed by atoms with van der Waals surface area (Å²) in [6.07, 6.45) is 3.63. The molecule has 4 nitrogen and oxygen atoms in total. The molecule has 1 amide bonds. The summed E-state index contributed by atoms with van der Waals surface area (Å²) in [5.74, 6) is -0.00137. The number of benzene rings is 1. The smallest absolute Gasteiger partial charge is 0.335 e. The van der Waals surface area contributed by atoms with E-state index in [0.717, 1.165) is 6.42 Å². The summed E-state index contributed by atoms with van der Waals surface area (Å²) in [6, 6.07) is 6.13. The van der Waals surface area contributed by atoms with Gasteiger partial charge in [-0.05, 0) is 36.5 Å². The van der Waals surface area contributed by atoms with Crippen molar-refractivity contribution in [1.82, 2.24) is 5.32 Å². The van der Waals surface area contributed by atoms with Crippen LogP contribution in [0.4, 0.5) is 0 Å². The quantitative estimate of drug-likeness (QED) is 0.875. The first-order valence-electron chi connectivity index (χ1n) is 6.69. The van der Waals surface area contributed by atoms with Gasteiger partial charge in [-0.3, -0.25) is 4.79 Å². The minimum Gasteiger partial charge on any atom is -0.478 e. The molecule has 102 valence electrons. The number of hydrogen-bond donors (Lipinski definition) is 2. The van der Waals surface area contributed by atoms with E-state index >= 15 is 0 Å². The first kappa shape index (κ1) is 13.6. The molecule has 1 saturated carbocycles. The van der Waals surface area contributed by atoms with Gasteiger partial charge in [0, 0.05) is 12.1 Å². The number of carboxylic acids is 1. The second kappa shape index (κ2) is 5.87. The first-order chi connectivity index (χ1) is 9.08. The zero-order valence-electron chi connectivity index (χ0n) is 11.1. The Bertz CT molecular complexity index is 484.